The van der Waals surface area contributed by atoms with Crippen molar-refractivity contribution in [1.82, 2.24) is 19.6 Å². The van der Waals surface area contributed by atoms with Gasteiger partial charge in [-0.05, 0) is 13.3 Å². The molecule has 25 heavy (non-hydrogen) atoms. The van der Waals surface area contributed by atoms with Crippen molar-refractivity contribution in [1.29, 1.82) is 0 Å². The van der Waals surface area contributed by atoms with E-state index in [0.717, 1.165) is 49.3 Å². The Kier molecular flexibility index (Phi) is 6.66. The number of fused-ring (bicyclic) bond motifs is 1. The van der Waals surface area contributed by atoms with Gasteiger partial charge in [-0.25, -0.2) is 9.98 Å². The fraction of sp³-hybridized carbons (Fsp3) is 0.647. The quantitative estimate of drug-likeness (QED) is 0.439. The van der Waals surface area contributed by atoms with E-state index in [-0.39, 0.29) is 0 Å². The molecule has 0 bridgehead atoms. The first-order valence-electron chi connectivity index (χ1n) is 8.81. The molecule has 0 saturated carbocycles. The molecule has 1 fully saturated rings. The molecule has 0 amide bonds. The van der Waals surface area contributed by atoms with Gasteiger partial charge < -0.3 is 19.7 Å². The fourth-order valence-electron chi connectivity index (χ4n) is 2.99. The van der Waals surface area contributed by atoms with E-state index in [0.29, 0.717) is 25.7 Å². The molecule has 1 N–H and O–H groups in total. The van der Waals surface area contributed by atoms with E-state index in [1.807, 2.05) is 16.0 Å². The highest BCUT2D eigenvalue weighted by Crippen LogP contribution is 2.17. The lowest BCUT2D eigenvalue weighted by Gasteiger charge is -2.21. The summed E-state index contributed by atoms with van der Waals surface area (Å²) in [6.07, 6.45) is 5.22. The van der Waals surface area contributed by atoms with Crippen LogP contribution in [-0.4, -0.2) is 66.8 Å². The third-order valence-corrected chi connectivity index (χ3v) is 5.01. The number of nitrogens with one attached hydrogen (secondary N) is 1. The molecule has 3 rings (SSSR count). The summed E-state index contributed by atoms with van der Waals surface area (Å²) < 4.78 is 12.7. The van der Waals surface area contributed by atoms with Crippen molar-refractivity contribution in [2.45, 2.75) is 19.9 Å². The van der Waals surface area contributed by atoms with E-state index in [1.54, 1.807) is 18.4 Å². The Balaban J connectivity index is 1.54. The number of imidazole rings is 1. The zero-order valence-electron chi connectivity index (χ0n) is 15.0. The van der Waals surface area contributed by atoms with Crippen LogP contribution in [0.5, 0.6) is 0 Å². The average molecular weight is 366 g/mol. The molecule has 8 heteroatoms. The molecule has 0 aliphatic carbocycles. The number of ether oxygens (including phenoxy) is 2. The SMILES string of the molecule is CCNC(=NCc1cn2ccsc2n1)N1CCC(COCCOC)C1. The number of nitrogens with zero attached hydrogens (tertiary/aromatic N) is 4. The number of thiazole rings is 1. The van der Waals surface area contributed by atoms with Crippen LogP contribution in [0, 0.1) is 5.92 Å². The summed E-state index contributed by atoms with van der Waals surface area (Å²) in [6.45, 7) is 7.67. The lowest BCUT2D eigenvalue weighted by Crippen LogP contribution is -2.40. The van der Waals surface area contributed by atoms with E-state index in [2.05, 4.69) is 28.3 Å². The number of aromatic nitrogens is 2. The maximum Gasteiger partial charge on any atom is 0.194 e. The van der Waals surface area contributed by atoms with Gasteiger partial charge >= 0.3 is 0 Å². The van der Waals surface area contributed by atoms with Gasteiger partial charge in [-0.2, -0.15) is 0 Å². The Bertz CT molecular complexity index is 655. The van der Waals surface area contributed by atoms with Crippen molar-refractivity contribution in [3.63, 3.8) is 0 Å². The largest absolute Gasteiger partial charge is 0.382 e. The van der Waals surface area contributed by atoms with E-state index >= 15 is 0 Å². The summed E-state index contributed by atoms with van der Waals surface area (Å²) in [5, 5.41) is 5.44. The Morgan fingerprint density at radius 1 is 1.48 bits per heavy atom. The van der Waals surface area contributed by atoms with Gasteiger partial charge in [0.05, 0.1) is 32.1 Å². The number of guanidine groups is 1. The van der Waals surface area contributed by atoms with Crippen LogP contribution in [0.4, 0.5) is 0 Å². The Morgan fingerprint density at radius 3 is 3.20 bits per heavy atom. The van der Waals surface area contributed by atoms with Crippen molar-refractivity contribution in [3.05, 3.63) is 23.5 Å². The third kappa shape index (κ3) is 4.93. The maximum atomic E-state index is 5.68. The van der Waals surface area contributed by atoms with Crippen molar-refractivity contribution in [3.8, 4) is 0 Å². The molecule has 2 aromatic heterocycles. The zero-order valence-corrected chi connectivity index (χ0v) is 15.8. The minimum Gasteiger partial charge on any atom is -0.382 e. The molecule has 1 aliphatic heterocycles. The molecule has 1 aliphatic rings. The molecule has 7 nitrogen and oxygen atoms in total. The second-order valence-corrected chi connectivity index (χ2v) is 7.04. The van der Waals surface area contributed by atoms with Gasteiger partial charge in [0.2, 0.25) is 0 Å². The molecular weight excluding hydrogens is 338 g/mol. The van der Waals surface area contributed by atoms with Gasteiger partial charge in [0.1, 0.15) is 0 Å². The Morgan fingerprint density at radius 2 is 2.40 bits per heavy atom. The molecule has 0 aromatic carbocycles. The van der Waals surface area contributed by atoms with Gasteiger partial charge in [-0.15, -0.1) is 11.3 Å². The second kappa shape index (κ2) is 9.17. The van der Waals surface area contributed by atoms with E-state index in [1.165, 1.54) is 0 Å². The molecule has 0 spiro atoms. The summed E-state index contributed by atoms with van der Waals surface area (Å²) in [5.74, 6) is 1.52. The van der Waals surface area contributed by atoms with Crippen LogP contribution >= 0.6 is 11.3 Å². The molecule has 3 heterocycles. The van der Waals surface area contributed by atoms with Gasteiger partial charge in [0.25, 0.3) is 0 Å². The summed E-state index contributed by atoms with van der Waals surface area (Å²) in [6, 6.07) is 0. The monoisotopic (exact) mass is 365 g/mol. The van der Waals surface area contributed by atoms with Crippen LogP contribution in [0.2, 0.25) is 0 Å². The first-order chi connectivity index (χ1) is 12.3. The van der Waals surface area contributed by atoms with E-state index in [4.69, 9.17) is 14.5 Å². The van der Waals surface area contributed by atoms with Crippen molar-refractivity contribution in [2.24, 2.45) is 10.9 Å². The van der Waals surface area contributed by atoms with Crippen LogP contribution in [0.25, 0.3) is 4.96 Å². The van der Waals surface area contributed by atoms with E-state index < -0.39 is 0 Å². The molecule has 2 aromatic rings. The van der Waals surface area contributed by atoms with Gasteiger partial charge in [0.15, 0.2) is 10.9 Å². The first kappa shape index (κ1) is 18.2. The molecule has 138 valence electrons. The zero-order chi connectivity index (χ0) is 17.5. The number of hydrogen-bond donors (Lipinski definition) is 1. The molecule has 0 radical (unpaired) electrons. The average Bonchev–Trinajstić information content (AvgIpc) is 3.31. The van der Waals surface area contributed by atoms with Gasteiger partial charge in [-0.1, -0.05) is 0 Å². The number of hydrogen-bond acceptors (Lipinski definition) is 5. The smallest absolute Gasteiger partial charge is 0.194 e. The predicted octanol–water partition coefficient (Wildman–Crippen LogP) is 1.85. The summed E-state index contributed by atoms with van der Waals surface area (Å²) in [4.78, 5) is 12.7. The maximum absolute atomic E-state index is 5.68. The first-order valence-corrected chi connectivity index (χ1v) is 9.69. The molecule has 1 unspecified atom stereocenters. The third-order valence-electron chi connectivity index (χ3n) is 4.24. The molecular formula is C17H27N5O2S. The number of likely N-dealkylation sites (tertiary alicyclic amines) is 1. The normalized spacial score (nSPS) is 18.4. The van der Waals surface area contributed by atoms with Crippen molar-refractivity contribution in [2.75, 3.05) is 46.6 Å². The second-order valence-electron chi connectivity index (χ2n) is 6.16. The van der Waals surface area contributed by atoms with Gasteiger partial charge in [-0.3, -0.25) is 4.40 Å². The lowest BCUT2D eigenvalue weighted by molar-refractivity contribution is 0.0536. The van der Waals surface area contributed by atoms with E-state index in [9.17, 15) is 0 Å². The Labute approximate surface area is 152 Å². The fourth-order valence-corrected chi connectivity index (χ4v) is 3.71. The van der Waals surface area contributed by atoms with Crippen LogP contribution in [0.3, 0.4) is 0 Å². The molecule has 1 saturated heterocycles. The summed E-state index contributed by atoms with van der Waals surface area (Å²) in [7, 11) is 1.70. The number of aliphatic imine (C=N–C) groups is 1. The van der Waals surface area contributed by atoms with Crippen molar-refractivity contribution < 1.29 is 9.47 Å². The van der Waals surface area contributed by atoms with Crippen LogP contribution in [0.15, 0.2) is 22.8 Å². The van der Waals surface area contributed by atoms with Crippen LogP contribution in [0.1, 0.15) is 19.0 Å². The lowest BCUT2D eigenvalue weighted by atomic mass is 10.1. The minimum absolute atomic E-state index is 0.554. The number of methoxy groups -OCH3 is 1. The Hall–Kier alpha value is -1.64. The summed E-state index contributed by atoms with van der Waals surface area (Å²) >= 11 is 1.64. The summed E-state index contributed by atoms with van der Waals surface area (Å²) in [5.41, 5.74) is 1.00. The predicted molar refractivity (Wildman–Crippen MR) is 100 cm³/mol. The van der Waals surface area contributed by atoms with Crippen molar-refractivity contribution >= 4 is 22.3 Å². The number of rotatable bonds is 8. The minimum atomic E-state index is 0.554. The van der Waals surface area contributed by atoms with Gasteiger partial charge in [0, 0.05) is 50.4 Å². The highest BCUT2D eigenvalue weighted by atomic mass is 32.1. The highest BCUT2D eigenvalue weighted by Gasteiger charge is 2.25. The standard InChI is InChI=1S/C17H27N5O2S/c1-3-18-16(19-10-15-12-22-6-9-25-17(22)20-15)21-5-4-14(11-21)13-24-8-7-23-2/h6,9,12,14H,3-5,7-8,10-11,13H2,1-2H3,(H,18,19). The van der Waals surface area contributed by atoms with Crippen LogP contribution in [-0.2, 0) is 16.0 Å². The highest BCUT2D eigenvalue weighted by molar-refractivity contribution is 7.15. The van der Waals surface area contributed by atoms with Crippen LogP contribution < -0.4 is 5.32 Å². The topological polar surface area (TPSA) is 63.4 Å². The molecule has 1 atom stereocenters.